The summed E-state index contributed by atoms with van der Waals surface area (Å²) in [6, 6.07) is 0. The topological polar surface area (TPSA) is 19.4 Å². The number of aryl methyl sites for hydroxylation is 2. The second kappa shape index (κ2) is 4.34. The van der Waals surface area contributed by atoms with Crippen LogP contribution in [0.5, 0.6) is 0 Å². The molecule has 1 aromatic heterocycles. The molecule has 0 spiro atoms. The normalized spacial score (nSPS) is 22.2. The molecule has 0 amide bonds. The highest BCUT2D eigenvalue weighted by atomic mass is 32.1. The fourth-order valence-corrected chi connectivity index (χ4v) is 3.67. The monoisotopic (exact) mass is 237 g/mol. The van der Waals surface area contributed by atoms with Gasteiger partial charge in [-0.05, 0) is 32.7 Å². The van der Waals surface area contributed by atoms with E-state index in [4.69, 9.17) is 4.98 Å². The van der Waals surface area contributed by atoms with Gasteiger partial charge in [-0.2, -0.15) is 0 Å². The third-order valence-electron chi connectivity index (χ3n) is 3.61. The van der Waals surface area contributed by atoms with E-state index >= 15 is 0 Å². The van der Waals surface area contributed by atoms with Crippen molar-refractivity contribution in [2.45, 2.75) is 25.7 Å². The first-order valence-corrected chi connectivity index (χ1v) is 7.06. The maximum atomic E-state index is 4.83. The fourth-order valence-electron chi connectivity index (χ4n) is 2.47. The summed E-state index contributed by atoms with van der Waals surface area (Å²) in [5.74, 6) is 0. The van der Waals surface area contributed by atoms with Crippen LogP contribution in [0.4, 0.5) is 5.13 Å². The number of aromatic nitrogens is 1. The number of anilines is 1. The standard InChI is InChI=1S/C12H19N3S/c1-14-6-8-15(9-7-14)12-13-10-4-2-3-5-11(10)16-12/h2-9H2,1H3. The van der Waals surface area contributed by atoms with Crippen LogP contribution in [0.15, 0.2) is 0 Å². The Morgan fingerprint density at radius 1 is 1.06 bits per heavy atom. The lowest BCUT2D eigenvalue weighted by molar-refractivity contribution is 0.312. The molecule has 4 heteroatoms. The molecule has 0 atom stereocenters. The third-order valence-corrected chi connectivity index (χ3v) is 4.83. The Hall–Kier alpha value is -0.610. The molecule has 1 fully saturated rings. The van der Waals surface area contributed by atoms with E-state index in [0.29, 0.717) is 0 Å². The van der Waals surface area contributed by atoms with Crippen LogP contribution in [0, 0.1) is 0 Å². The predicted molar refractivity (Wildman–Crippen MR) is 68.5 cm³/mol. The zero-order chi connectivity index (χ0) is 11.0. The molecule has 3 rings (SSSR count). The molecule has 2 aliphatic rings. The van der Waals surface area contributed by atoms with E-state index in [1.54, 1.807) is 4.88 Å². The number of nitrogens with zero attached hydrogens (tertiary/aromatic N) is 3. The molecule has 1 saturated heterocycles. The van der Waals surface area contributed by atoms with Crippen molar-refractivity contribution in [1.82, 2.24) is 9.88 Å². The van der Waals surface area contributed by atoms with Gasteiger partial charge in [0.1, 0.15) is 0 Å². The molecular weight excluding hydrogens is 218 g/mol. The number of fused-ring (bicyclic) bond motifs is 1. The largest absolute Gasteiger partial charge is 0.346 e. The lowest BCUT2D eigenvalue weighted by Crippen LogP contribution is -2.44. The zero-order valence-corrected chi connectivity index (χ0v) is 10.7. The molecule has 1 aliphatic heterocycles. The van der Waals surface area contributed by atoms with E-state index in [1.165, 1.54) is 49.6 Å². The summed E-state index contributed by atoms with van der Waals surface area (Å²) in [6.45, 7) is 4.63. The summed E-state index contributed by atoms with van der Waals surface area (Å²) in [6.07, 6.45) is 5.16. The lowest BCUT2D eigenvalue weighted by atomic mass is 10.0. The van der Waals surface area contributed by atoms with Gasteiger partial charge in [-0.1, -0.05) is 0 Å². The van der Waals surface area contributed by atoms with Crippen LogP contribution in [0.2, 0.25) is 0 Å². The van der Waals surface area contributed by atoms with Crippen molar-refractivity contribution in [2.75, 3.05) is 38.1 Å². The Morgan fingerprint density at radius 3 is 2.56 bits per heavy atom. The predicted octanol–water partition coefficient (Wildman–Crippen LogP) is 1.77. The minimum atomic E-state index is 1.14. The second-order valence-corrected chi connectivity index (χ2v) is 5.93. The number of rotatable bonds is 1. The molecule has 2 heterocycles. The van der Waals surface area contributed by atoms with E-state index in [1.807, 2.05) is 11.3 Å². The van der Waals surface area contributed by atoms with Gasteiger partial charge in [-0.3, -0.25) is 0 Å². The average molecular weight is 237 g/mol. The number of hydrogen-bond donors (Lipinski definition) is 0. The zero-order valence-electron chi connectivity index (χ0n) is 9.91. The molecule has 0 saturated carbocycles. The van der Waals surface area contributed by atoms with Crippen molar-refractivity contribution >= 4 is 16.5 Å². The van der Waals surface area contributed by atoms with Crippen LogP contribution < -0.4 is 4.90 Å². The third kappa shape index (κ3) is 1.96. The van der Waals surface area contributed by atoms with Crippen molar-refractivity contribution in [3.8, 4) is 0 Å². The lowest BCUT2D eigenvalue weighted by Gasteiger charge is -2.32. The van der Waals surface area contributed by atoms with Crippen LogP contribution in [-0.4, -0.2) is 43.1 Å². The molecule has 1 aliphatic carbocycles. The van der Waals surface area contributed by atoms with Crippen LogP contribution in [0.1, 0.15) is 23.4 Å². The maximum absolute atomic E-state index is 4.83. The van der Waals surface area contributed by atoms with Crippen LogP contribution in [-0.2, 0) is 12.8 Å². The maximum Gasteiger partial charge on any atom is 0.185 e. The second-order valence-electron chi connectivity index (χ2n) is 4.86. The van der Waals surface area contributed by atoms with Gasteiger partial charge >= 0.3 is 0 Å². The molecular formula is C12H19N3S. The Morgan fingerprint density at radius 2 is 1.81 bits per heavy atom. The summed E-state index contributed by atoms with van der Waals surface area (Å²) < 4.78 is 0. The molecule has 0 unspecified atom stereocenters. The molecule has 0 aromatic carbocycles. The Labute approximate surface area is 101 Å². The summed E-state index contributed by atoms with van der Waals surface area (Å²) in [5, 5.41) is 1.28. The molecule has 0 radical (unpaired) electrons. The summed E-state index contributed by atoms with van der Waals surface area (Å²) in [7, 11) is 2.20. The minimum absolute atomic E-state index is 1.14. The first-order chi connectivity index (χ1) is 7.83. The molecule has 0 bridgehead atoms. The summed E-state index contributed by atoms with van der Waals surface area (Å²) in [5.41, 5.74) is 1.39. The number of hydrogen-bond acceptors (Lipinski definition) is 4. The first-order valence-electron chi connectivity index (χ1n) is 6.25. The fraction of sp³-hybridized carbons (Fsp3) is 0.750. The Bertz CT molecular complexity index is 343. The van der Waals surface area contributed by atoms with Gasteiger partial charge in [0.2, 0.25) is 0 Å². The van der Waals surface area contributed by atoms with E-state index in [9.17, 15) is 0 Å². The van der Waals surface area contributed by atoms with E-state index in [2.05, 4.69) is 16.8 Å². The van der Waals surface area contributed by atoms with Crippen molar-refractivity contribution in [1.29, 1.82) is 0 Å². The molecule has 16 heavy (non-hydrogen) atoms. The van der Waals surface area contributed by atoms with Gasteiger partial charge in [0.25, 0.3) is 0 Å². The van der Waals surface area contributed by atoms with E-state index < -0.39 is 0 Å². The Balaban J connectivity index is 1.76. The molecule has 1 aromatic rings. The van der Waals surface area contributed by atoms with Crippen LogP contribution in [0.3, 0.4) is 0 Å². The molecule has 3 nitrogen and oxygen atoms in total. The van der Waals surface area contributed by atoms with Gasteiger partial charge < -0.3 is 9.80 Å². The van der Waals surface area contributed by atoms with Crippen LogP contribution in [0.25, 0.3) is 0 Å². The quantitative estimate of drug-likeness (QED) is 0.742. The minimum Gasteiger partial charge on any atom is -0.346 e. The van der Waals surface area contributed by atoms with Crippen LogP contribution >= 0.6 is 11.3 Å². The summed E-state index contributed by atoms with van der Waals surface area (Å²) in [4.78, 5) is 11.2. The van der Waals surface area contributed by atoms with Gasteiger partial charge in [-0.25, -0.2) is 4.98 Å². The number of piperazine rings is 1. The van der Waals surface area contributed by atoms with Crippen molar-refractivity contribution in [3.05, 3.63) is 10.6 Å². The van der Waals surface area contributed by atoms with Crippen molar-refractivity contribution < 1.29 is 0 Å². The van der Waals surface area contributed by atoms with Gasteiger partial charge in [0.05, 0.1) is 5.69 Å². The van der Waals surface area contributed by atoms with E-state index in [0.717, 1.165) is 13.1 Å². The summed E-state index contributed by atoms with van der Waals surface area (Å²) >= 11 is 1.94. The van der Waals surface area contributed by atoms with Crippen molar-refractivity contribution in [2.24, 2.45) is 0 Å². The molecule has 88 valence electrons. The van der Waals surface area contributed by atoms with Gasteiger partial charge in [0.15, 0.2) is 5.13 Å². The highest BCUT2D eigenvalue weighted by Crippen LogP contribution is 2.31. The van der Waals surface area contributed by atoms with Gasteiger partial charge in [-0.15, -0.1) is 11.3 Å². The first kappa shape index (κ1) is 10.5. The average Bonchev–Trinajstić information content (AvgIpc) is 2.73. The van der Waals surface area contributed by atoms with Gasteiger partial charge in [0, 0.05) is 31.1 Å². The van der Waals surface area contributed by atoms with E-state index in [-0.39, 0.29) is 0 Å². The highest BCUT2D eigenvalue weighted by Gasteiger charge is 2.21. The number of thiazole rings is 1. The Kier molecular flexibility index (Phi) is 2.86. The van der Waals surface area contributed by atoms with Crippen molar-refractivity contribution in [3.63, 3.8) is 0 Å². The highest BCUT2D eigenvalue weighted by molar-refractivity contribution is 7.15. The smallest absolute Gasteiger partial charge is 0.185 e. The number of likely N-dealkylation sites (N-methyl/N-ethyl adjacent to an activating group) is 1. The SMILES string of the molecule is CN1CCN(c2nc3c(s2)CCCC3)CC1. The molecule has 0 N–H and O–H groups in total.